The summed E-state index contributed by atoms with van der Waals surface area (Å²) >= 11 is 0. The summed E-state index contributed by atoms with van der Waals surface area (Å²) in [5.41, 5.74) is -0.0421. The molecule has 0 spiro atoms. The lowest BCUT2D eigenvalue weighted by Gasteiger charge is -2.40. The number of nitriles is 1. The Morgan fingerprint density at radius 2 is 1.58 bits per heavy atom. The Kier molecular flexibility index (Phi) is 8.37. The summed E-state index contributed by atoms with van der Waals surface area (Å²) < 4.78 is 0. The molecule has 0 unspecified atom stereocenters. The van der Waals surface area contributed by atoms with E-state index in [2.05, 4.69) is 32.1 Å². The van der Waals surface area contributed by atoms with Crippen LogP contribution >= 0.6 is 0 Å². The van der Waals surface area contributed by atoms with Gasteiger partial charge in [-0.25, -0.2) is 0 Å². The predicted octanol–water partition coefficient (Wildman–Crippen LogP) is 7.43. The molecular weight excluding hydrogens is 290 g/mol. The van der Waals surface area contributed by atoms with Crippen LogP contribution in [0.3, 0.4) is 0 Å². The van der Waals surface area contributed by atoms with Crippen molar-refractivity contribution < 1.29 is 0 Å². The van der Waals surface area contributed by atoms with Crippen LogP contribution in [0.1, 0.15) is 104 Å². The molecule has 24 heavy (non-hydrogen) atoms. The molecule has 0 aromatic carbocycles. The quantitative estimate of drug-likeness (QED) is 0.335. The van der Waals surface area contributed by atoms with Gasteiger partial charge in [0.25, 0.3) is 0 Å². The molecule has 1 heteroatoms. The van der Waals surface area contributed by atoms with Crippen LogP contribution in [0.5, 0.6) is 0 Å². The van der Waals surface area contributed by atoms with E-state index in [-0.39, 0.29) is 5.41 Å². The van der Waals surface area contributed by atoms with E-state index in [1.807, 2.05) is 0 Å². The van der Waals surface area contributed by atoms with Crippen LogP contribution < -0.4 is 0 Å². The molecule has 1 nitrogen and oxygen atoms in total. The topological polar surface area (TPSA) is 23.8 Å². The zero-order valence-electron chi connectivity index (χ0n) is 16.2. The van der Waals surface area contributed by atoms with E-state index >= 15 is 0 Å². The van der Waals surface area contributed by atoms with E-state index in [1.165, 1.54) is 64.2 Å². The van der Waals surface area contributed by atoms with E-state index in [0.717, 1.165) is 43.4 Å². The van der Waals surface area contributed by atoms with Crippen molar-refractivity contribution in [3.05, 3.63) is 12.2 Å². The fourth-order valence-corrected chi connectivity index (χ4v) is 5.13. The fourth-order valence-electron chi connectivity index (χ4n) is 5.13. The van der Waals surface area contributed by atoms with Crippen LogP contribution in [0.4, 0.5) is 0 Å². The Bertz CT molecular complexity index is 400. The maximum absolute atomic E-state index is 9.69. The number of hydrogen-bond donors (Lipinski definition) is 0. The Morgan fingerprint density at radius 1 is 0.917 bits per heavy atom. The summed E-state index contributed by atoms with van der Waals surface area (Å²) in [6.07, 6.45) is 23.0. The summed E-state index contributed by atoms with van der Waals surface area (Å²) in [4.78, 5) is 0. The van der Waals surface area contributed by atoms with Crippen molar-refractivity contribution in [3.63, 3.8) is 0 Å². The minimum absolute atomic E-state index is 0.0421. The molecule has 0 bridgehead atoms. The van der Waals surface area contributed by atoms with Crippen molar-refractivity contribution in [2.24, 2.45) is 23.2 Å². The molecule has 136 valence electrons. The molecule has 2 fully saturated rings. The largest absolute Gasteiger partial charge is 0.198 e. The Morgan fingerprint density at radius 3 is 2.17 bits per heavy atom. The Labute approximate surface area is 150 Å². The predicted molar refractivity (Wildman–Crippen MR) is 104 cm³/mol. The third kappa shape index (κ3) is 5.65. The van der Waals surface area contributed by atoms with Gasteiger partial charge in [-0.2, -0.15) is 5.26 Å². The van der Waals surface area contributed by atoms with Crippen molar-refractivity contribution in [1.29, 1.82) is 5.26 Å². The molecule has 0 heterocycles. The fraction of sp³-hybridized carbons (Fsp3) is 0.870. The van der Waals surface area contributed by atoms with Gasteiger partial charge in [0.2, 0.25) is 0 Å². The van der Waals surface area contributed by atoms with E-state index in [0.29, 0.717) is 0 Å². The maximum Gasteiger partial charge on any atom is 0.0693 e. The smallest absolute Gasteiger partial charge is 0.0693 e. The Balaban J connectivity index is 1.73. The highest BCUT2D eigenvalue weighted by molar-refractivity contribution is 5.06. The molecule has 2 rings (SSSR count). The molecule has 2 aliphatic carbocycles. The monoisotopic (exact) mass is 329 g/mol. The normalized spacial score (nSPS) is 34.3. The van der Waals surface area contributed by atoms with E-state index in [4.69, 9.17) is 0 Å². The van der Waals surface area contributed by atoms with Gasteiger partial charge in [0.1, 0.15) is 0 Å². The highest BCUT2D eigenvalue weighted by atomic mass is 14.4. The second-order valence-electron chi connectivity index (χ2n) is 8.59. The van der Waals surface area contributed by atoms with Gasteiger partial charge < -0.3 is 0 Å². The first kappa shape index (κ1) is 19.6. The van der Waals surface area contributed by atoms with Crippen LogP contribution in [-0.4, -0.2) is 0 Å². The maximum atomic E-state index is 9.69. The van der Waals surface area contributed by atoms with Crippen LogP contribution in [0, 0.1) is 34.5 Å². The zero-order chi connectivity index (χ0) is 17.3. The number of rotatable bonds is 8. The van der Waals surface area contributed by atoms with Crippen molar-refractivity contribution in [2.45, 2.75) is 104 Å². The summed E-state index contributed by atoms with van der Waals surface area (Å²) in [5.74, 6) is 2.90. The molecule has 2 saturated carbocycles. The number of nitrogens with zero attached hydrogens (tertiary/aromatic N) is 1. The van der Waals surface area contributed by atoms with Crippen molar-refractivity contribution in [2.75, 3.05) is 0 Å². The molecular formula is C23H39N. The number of hydrogen-bond acceptors (Lipinski definition) is 1. The Hall–Kier alpha value is -0.770. The van der Waals surface area contributed by atoms with Gasteiger partial charge in [-0.15, -0.1) is 0 Å². The third-order valence-corrected chi connectivity index (χ3v) is 6.91. The summed E-state index contributed by atoms with van der Waals surface area (Å²) in [5, 5.41) is 9.69. The number of unbranched alkanes of at least 4 members (excludes halogenated alkanes) is 2. The van der Waals surface area contributed by atoms with Crippen LogP contribution in [0.2, 0.25) is 0 Å². The molecule has 0 saturated heterocycles. The molecule has 0 N–H and O–H groups in total. The van der Waals surface area contributed by atoms with E-state index in [1.54, 1.807) is 0 Å². The van der Waals surface area contributed by atoms with Crippen molar-refractivity contribution >= 4 is 0 Å². The zero-order valence-corrected chi connectivity index (χ0v) is 16.2. The van der Waals surface area contributed by atoms with Crippen LogP contribution in [0.25, 0.3) is 0 Å². The molecule has 0 aromatic heterocycles. The van der Waals surface area contributed by atoms with Crippen molar-refractivity contribution in [3.8, 4) is 6.07 Å². The SMILES string of the molecule is CC/C=C/CC1(C#N)CCC(C2CCC(CCCCC)CC2)CC1. The van der Waals surface area contributed by atoms with Crippen molar-refractivity contribution in [1.82, 2.24) is 0 Å². The van der Waals surface area contributed by atoms with Gasteiger partial charge >= 0.3 is 0 Å². The van der Waals surface area contributed by atoms with Gasteiger partial charge in [-0.05, 0) is 69.1 Å². The molecule has 0 radical (unpaired) electrons. The summed E-state index contributed by atoms with van der Waals surface area (Å²) in [6.45, 7) is 4.48. The molecule has 0 amide bonds. The molecule has 2 aliphatic rings. The average Bonchev–Trinajstić information content (AvgIpc) is 2.63. The first-order valence-corrected chi connectivity index (χ1v) is 10.8. The lowest BCUT2D eigenvalue weighted by molar-refractivity contribution is 0.121. The summed E-state index contributed by atoms with van der Waals surface area (Å²) in [7, 11) is 0. The van der Waals surface area contributed by atoms with Gasteiger partial charge in [0.05, 0.1) is 11.5 Å². The average molecular weight is 330 g/mol. The number of allylic oxidation sites excluding steroid dienone is 2. The lowest BCUT2D eigenvalue weighted by atomic mass is 9.64. The highest BCUT2D eigenvalue weighted by Crippen LogP contribution is 2.47. The molecule has 0 atom stereocenters. The van der Waals surface area contributed by atoms with Gasteiger partial charge in [0.15, 0.2) is 0 Å². The second-order valence-corrected chi connectivity index (χ2v) is 8.59. The van der Waals surface area contributed by atoms with Gasteiger partial charge in [-0.1, -0.05) is 64.5 Å². The standard InChI is InChI=1S/C23H39N/c1-3-5-7-9-20-10-12-21(13-11-20)22-14-17-23(19-24,18-15-22)16-8-6-4-2/h6,8,20-22H,3-5,7,9-18H2,1-2H3/b8-6+. The lowest BCUT2D eigenvalue weighted by Crippen LogP contribution is -2.30. The second kappa shape index (κ2) is 10.3. The minimum atomic E-state index is -0.0421. The van der Waals surface area contributed by atoms with E-state index in [9.17, 15) is 5.26 Å². The first-order valence-electron chi connectivity index (χ1n) is 10.8. The summed E-state index contributed by atoms with van der Waals surface area (Å²) in [6, 6.07) is 2.68. The highest BCUT2D eigenvalue weighted by Gasteiger charge is 2.37. The minimum Gasteiger partial charge on any atom is -0.198 e. The molecule has 0 aliphatic heterocycles. The first-order chi connectivity index (χ1) is 11.7. The van der Waals surface area contributed by atoms with Crippen LogP contribution in [0.15, 0.2) is 12.2 Å². The van der Waals surface area contributed by atoms with Crippen LogP contribution in [-0.2, 0) is 0 Å². The molecule has 0 aromatic rings. The van der Waals surface area contributed by atoms with Gasteiger partial charge in [0, 0.05) is 0 Å². The van der Waals surface area contributed by atoms with Gasteiger partial charge in [-0.3, -0.25) is 0 Å². The third-order valence-electron chi connectivity index (χ3n) is 6.91. The van der Waals surface area contributed by atoms with E-state index < -0.39 is 0 Å².